The maximum Gasteiger partial charge on any atom is 0.262 e. The Morgan fingerprint density at radius 2 is 1.41 bits per heavy atom. The van der Waals surface area contributed by atoms with E-state index in [1.165, 1.54) is 0 Å². The van der Waals surface area contributed by atoms with Gasteiger partial charge in [0.1, 0.15) is 11.8 Å². The molecular weight excluding hydrogens is 404 g/mol. The van der Waals surface area contributed by atoms with Crippen molar-refractivity contribution in [1.29, 1.82) is 0 Å². The van der Waals surface area contributed by atoms with E-state index in [-0.39, 0.29) is 12.5 Å². The number of hydrogen-bond donors (Lipinski definition) is 1. The van der Waals surface area contributed by atoms with Gasteiger partial charge in [0.05, 0.1) is 17.2 Å². The van der Waals surface area contributed by atoms with E-state index in [4.69, 9.17) is 4.74 Å². The first-order chi connectivity index (χ1) is 15.4. The SMILES string of the molecule is CC(C)Oc1ccc(NC(=O)[C@H](Cc2ccccc2)N2C(=O)c3ccccc3C2=O)cc1. The van der Waals surface area contributed by atoms with Crippen molar-refractivity contribution in [3.63, 3.8) is 0 Å². The lowest BCUT2D eigenvalue weighted by Crippen LogP contribution is -2.48. The van der Waals surface area contributed by atoms with Crippen LogP contribution in [0.1, 0.15) is 40.1 Å². The maximum absolute atomic E-state index is 13.3. The number of nitrogens with zero attached hydrogens (tertiary/aromatic N) is 1. The van der Waals surface area contributed by atoms with Crippen molar-refractivity contribution in [2.75, 3.05) is 5.32 Å². The molecule has 1 N–H and O–H groups in total. The normalized spacial score (nSPS) is 13.8. The fourth-order valence-electron chi connectivity index (χ4n) is 3.74. The van der Waals surface area contributed by atoms with Gasteiger partial charge in [-0.2, -0.15) is 0 Å². The van der Waals surface area contributed by atoms with Crippen LogP contribution >= 0.6 is 0 Å². The van der Waals surface area contributed by atoms with E-state index in [0.29, 0.717) is 22.6 Å². The molecule has 0 radical (unpaired) electrons. The van der Waals surface area contributed by atoms with Crippen molar-refractivity contribution >= 4 is 23.4 Å². The molecule has 1 atom stereocenters. The summed E-state index contributed by atoms with van der Waals surface area (Å²) < 4.78 is 5.64. The topological polar surface area (TPSA) is 75.7 Å². The van der Waals surface area contributed by atoms with E-state index in [9.17, 15) is 14.4 Å². The van der Waals surface area contributed by atoms with E-state index in [0.717, 1.165) is 10.5 Å². The molecular formula is C26H24N2O4. The molecule has 3 aromatic carbocycles. The van der Waals surface area contributed by atoms with Crippen molar-refractivity contribution in [1.82, 2.24) is 4.90 Å². The summed E-state index contributed by atoms with van der Waals surface area (Å²) in [6.45, 7) is 3.87. The first-order valence-corrected chi connectivity index (χ1v) is 10.5. The minimum absolute atomic E-state index is 0.0412. The molecule has 3 amide bonds. The summed E-state index contributed by atoms with van der Waals surface area (Å²) >= 11 is 0. The van der Waals surface area contributed by atoms with Gasteiger partial charge in [-0.05, 0) is 55.8 Å². The van der Waals surface area contributed by atoms with Crippen LogP contribution in [0.25, 0.3) is 0 Å². The Bertz CT molecular complexity index is 1110. The Hall–Kier alpha value is -3.93. The molecule has 1 aliphatic rings. The molecule has 6 heteroatoms. The summed E-state index contributed by atoms with van der Waals surface area (Å²) in [7, 11) is 0. The summed E-state index contributed by atoms with van der Waals surface area (Å²) in [5.74, 6) is -0.648. The third kappa shape index (κ3) is 4.39. The van der Waals surface area contributed by atoms with Crippen LogP contribution < -0.4 is 10.1 Å². The summed E-state index contributed by atoms with van der Waals surface area (Å²) in [5, 5.41) is 2.85. The number of fused-ring (bicyclic) bond motifs is 1. The fourth-order valence-corrected chi connectivity index (χ4v) is 3.74. The van der Waals surface area contributed by atoms with Gasteiger partial charge in [-0.1, -0.05) is 42.5 Å². The highest BCUT2D eigenvalue weighted by atomic mass is 16.5. The number of amides is 3. The molecule has 1 aliphatic heterocycles. The number of ether oxygens (including phenoxy) is 1. The second kappa shape index (κ2) is 9.06. The monoisotopic (exact) mass is 428 g/mol. The average Bonchev–Trinajstić information content (AvgIpc) is 3.04. The van der Waals surface area contributed by atoms with Crippen molar-refractivity contribution < 1.29 is 19.1 Å². The second-order valence-corrected chi connectivity index (χ2v) is 7.91. The Balaban J connectivity index is 1.61. The van der Waals surface area contributed by atoms with Gasteiger partial charge in [0.2, 0.25) is 5.91 Å². The predicted octanol–water partition coefficient (Wildman–Crippen LogP) is 4.32. The van der Waals surface area contributed by atoms with Crippen molar-refractivity contribution in [3.05, 3.63) is 95.6 Å². The van der Waals surface area contributed by atoms with E-state index >= 15 is 0 Å². The van der Waals surface area contributed by atoms with Crippen LogP contribution in [0.4, 0.5) is 5.69 Å². The lowest BCUT2D eigenvalue weighted by Gasteiger charge is -2.25. The second-order valence-electron chi connectivity index (χ2n) is 7.91. The van der Waals surface area contributed by atoms with Gasteiger partial charge in [0.15, 0.2) is 0 Å². The molecule has 0 aliphatic carbocycles. The van der Waals surface area contributed by atoms with Crippen LogP contribution in [0.5, 0.6) is 5.75 Å². The molecule has 0 spiro atoms. The molecule has 0 aromatic heterocycles. The molecule has 4 rings (SSSR count). The highest BCUT2D eigenvalue weighted by Gasteiger charge is 2.42. The van der Waals surface area contributed by atoms with Gasteiger partial charge in [-0.15, -0.1) is 0 Å². The summed E-state index contributed by atoms with van der Waals surface area (Å²) in [5.41, 5.74) is 2.04. The summed E-state index contributed by atoms with van der Waals surface area (Å²) in [6.07, 6.45) is 0.256. The van der Waals surface area contributed by atoms with E-state index < -0.39 is 23.8 Å². The molecule has 32 heavy (non-hydrogen) atoms. The Morgan fingerprint density at radius 3 is 1.97 bits per heavy atom. The molecule has 6 nitrogen and oxygen atoms in total. The van der Waals surface area contributed by atoms with Gasteiger partial charge in [-0.25, -0.2) is 0 Å². The molecule has 0 unspecified atom stereocenters. The fraction of sp³-hybridized carbons (Fsp3) is 0.192. The van der Waals surface area contributed by atoms with Crippen LogP contribution in [-0.2, 0) is 11.2 Å². The largest absolute Gasteiger partial charge is 0.491 e. The number of carbonyl (C=O) groups excluding carboxylic acids is 3. The minimum Gasteiger partial charge on any atom is -0.491 e. The smallest absolute Gasteiger partial charge is 0.262 e. The minimum atomic E-state index is -0.989. The van der Waals surface area contributed by atoms with Gasteiger partial charge in [0, 0.05) is 12.1 Å². The quantitative estimate of drug-likeness (QED) is 0.569. The van der Waals surface area contributed by atoms with E-state index in [1.807, 2.05) is 44.2 Å². The number of rotatable bonds is 7. The maximum atomic E-state index is 13.3. The Labute approximate surface area is 186 Å². The zero-order valence-electron chi connectivity index (χ0n) is 17.9. The zero-order valence-corrected chi connectivity index (χ0v) is 17.9. The number of carbonyl (C=O) groups is 3. The highest BCUT2D eigenvalue weighted by molar-refractivity contribution is 6.23. The third-order valence-corrected chi connectivity index (χ3v) is 5.21. The van der Waals surface area contributed by atoms with Gasteiger partial charge in [-0.3, -0.25) is 19.3 Å². The van der Waals surface area contributed by atoms with Crippen LogP contribution in [0.2, 0.25) is 0 Å². The van der Waals surface area contributed by atoms with Gasteiger partial charge >= 0.3 is 0 Å². The van der Waals surface area contributed by atoms with Crippen molar-refractivity contribution in [3.8, 4) is 5.75 Å². The van der Waals surface area contributed by atoms with Crippen LogP contribution in [0.15, 0.2) is 78.9 Å². The number of anilines is 1. The molecule has 0 saturated carbocycles. The third-order valence-electron chi connectivity index (χ3n) is 5.21. The standard InChI is InChI=1S/C26H24N2O4/c1-17(2)32-20-14-12-19(13-15-20)27-24(29)23(16-18-8-4-3-5-9-18)28-25(30)21-10-6-7-11-22(21)26(28)31/h3-15,17,23H,16H2,1-2H3,(H,27,29)/t23-/m0/s1. The number of benzene rings is 3. The molecule has 0 saturated heterocycles. The average molecular weight is 428 g/mol. The number of nitrogens with one attached hydrogen (secondary N) is 1. The number of hydrogen-bond acceptors (Lipinski definition) is 4. The first kappa shape index (κ1) is 21.3. The van der Waals surface area contributed by atoms with Gasteiger partial charge < -0.3 is 10.1 Å². The summed E-state index contributed by atoms with van der Waals surface area (Å²) in [6, 6.07) is 22.0. The molecule has 162 valence electrons. The molecule has 0 bridgehead atoms. The van der Waals surface area contributed by atoms with Crippen LogP contribution in [-0.4, -0.2) is 34.8 Å². The predicted molar refractivity (Wildman–Crippen MR) is 122 cm³/mol. The van der Waals surface area contributed by atoms with Crippen LogP contribution in [0.3, 0.4) is 0 Å². The van der Waals surface area contributed by atoms with E-state index in [2.05, 4.69) is 5.32 Å². The zero-order chi connectivity index (χ0) is 22.7. The molecule has 3 aromatic rings. The van der Waals surface area contributed by atoms with Crippen molar-refractivity contribution in [2.24, 2.45) is 0 Å². The van der Waals surface area contributed by atoms with Crippen molar-refractivity contribution in [2.45, 2.75) is 32.4 Å². The molecule has 1 heterocycles. The van der Waals surface area contributed by atoms with E-state index in [1.54, 1.807) is 48.5 Å². The Morgan fingerprint density at radius 1 is 0.844 bits per heavy atom. The summed E-state index contributed by atoms with van der Waals surface area (Å²) in [4.78, 5) is 40.5. The van der Waals surface area contributed by atoms with Crippen LogP contribution in [0, 0.1) is 0 Å². The Kier molecular flexibility index (Phi) is 6.03. The first-order valence-electron chi connectivity index (χ1n) is 10.5. The lowest BCUT2D eigenvalue weighted by molar-refractivity contribution is -0.119. The highest BCUT2D eigenvalue weighted by Crippen LogP contribution is 2.27. The number of imide groups is 1. The lowest BCUT2D eigenvalue weighted by atomic mass is 10.0. The van der Waals surface area contributed by atoms with Gasteiger partial charge in [0.25, 0.3) is 11.8 Å². The molecule has 0 fully saturated rings.